The molecule has 1 fully saturated rings. The molecule has 3 aromatic carbocycles. The molecule has 37 heavy (non-hydrogen) atoms. The fourth-order valence-electron chi connectivity index (χ4n) is 4.86. The highest BCUT2D eigenvalue weighted by atomic mass is 16.1. The standard InChI is InChI=1S/C32H36N4O/c1-32(2,3)26-14-15-28-29(21-26)35-31(34-28)25-12-9-23(10-13-25)11-16-30(37)33-27-17-19-36(20-18-27)22-24-7-5-4-6-8-24/h4-16,21,27H,17-20,22H2,1-3H3,(H,33,37)(H,34,35)/b16-11+. The zero-order valence-corrected chi connectivity index (χ0v) is 22.0. The molecule has 1 aromatic heterocycles. The van der Waals surface area contributed by atoms with Gasteiger partial charge in [0.1, 0.15) is 5.82 Å². The highest BCUT2D eigenvalue weighted by molar-refractivity contribution is 5.92. The van der Waals surface area contributed by atoms with E-state index in [1.54, 1.807) is 6.08 Å². The first-order valence-electron chi connectivity index (χ1n) is 13.2. The summed E-state index contributed by atoms with van der Waals surface area (Å²) in [6.07, 6.45) is 5.48. The minimum absolute atomic E-state index is 0.0301. The summed E-state index contributed by atoms with van der Waals surface area (Å²) in [6.45, 7) is 9.63. The molecule has 5 heteroatoms. The van der Waals surface area contributed by atoms with E-state index in [2.05, 4.69) is 84.5 Å². The second kappa shape index (κ2) is 10.7. The molecule has 5 nitrogen and oxygen atoms in total. The third-order valence-electron chi connectivity index (χ3n) is 7.14. The van der Waals surface area contributed by atoms with E-state index in [-0.39, 0.29) is 17.4 Å². The minimum Gasteiger partial charge on any atom is -0.350 e. The number of H-pyrrole nitrogens is 1. The van der Waals surface area contributed by atoms with E-state index in [9.17, 15) is 4.79 Å². The van der Waals surface area contributed by atoms with Gasteiger partial charge in [-0.2, -0.15) is 0 Å². The monoisotopic (exact) mass is 492 g/mol. The Kier molecular flexibility index (Phi) is 7.24. The summed E-state index contributed by atoms with van der Waals surface area (Å²) in [4.78, 5) is 23.2. The molecule has 1 aliphatic rings. The van der Waals surface area contributed by atoms with Gasteiger partial charge in [0.15, 0.2) is 0 Å². The van der Waals surface area contributed by atoms with E-state index >= 15 is 0 Å². The molecular formula is C32H36N4O. The molecular weight excluding hydrogens is 456 g/mol. The third kappa shape index (κ3) is 6.36. The van der Waals surface area contributed by atoms with Crippen molar-refractivity contribution >= 4 is 23.0 Å². The quantitative estimate of drug-likeness (QED) is 0.310. The van der Waals surface area contributed by atoms with Gasteiger partial charge >= 0.3 is 0 Å². The summed E-state index contributed by atoms with van der Waals surface area (Å²) in [5.41, 5.74) is 6.75. The van der Waals surface area contributed by atoms with Crippen LogP contribution in [0.25, 0.3) is 28.5 Å². The summed E-state index contributed by atoms with van der Waals surface area (Å²) in [6, 6.07) is 25.4. The third-order valence-corrected chi connectivity index (χ3v) is 7.14. The number of aromatic nitrogens is 2. The highest BCUT2D eigenvalue weighted by Gasteiger charge is 2.20. The van der Waals surface area contributed by atoms with Crippen molar-refractivity contribution in [3.8, 4) is 11.4 Å². The van der Waals surface area contributed by atoms with Gasteiger partial charge in [-0.1, -0.05) is 81.4 Å². The molecule has 2 N–H and O–H groups in total. The van der Waals surface area contributed by atoms with Crippen LogP contribution in [0, 0.1) is 0 Å². The average molecular weight is 493 g/mol. The SMILES string of the molecule is CC(C)(C)c1ccc2nc(-c3ccc(/C=C/C(=O)NC4CCN(Cc5ccccc5)CC4)cc3)[nH]c2c1. The number of nitrogens with one attached hydrogen (secondary N) is 2. The molecule has 0 unspecified atom stereocenters. The summed E-state index contributed by atoms with van der Waals surface area (Å²) in [7, 11) is 0. The van der Waals surface area contributed by atoms with Crippen molar-refractivity contribution < 1.29 is 4.79 Å². The Morgan fingerprint density at radius 1 is 1.03 bits per heavy atom. The Morgan fingerprint density at radius 2 is 1.76 bits per heavy atom. The van der Waals surface area contributed by atoms with Crippen LogP contribution >= 0.6 is 0 Å². The topological polar surface area (TPSA) is 61.0 Å². The first-order chi connectivity index (χ1) is 17.8. The zero-order valence-electron chi connectivity index (χ0n) is 22.0. The fourth-order valence-corrected chi connectivity index (χ4v) is 4.86. The number of fused-ring (bicyclic) bond motifs is 1. The molecule has 0 radical (unpaired) electrons. The maximum absolute atomic E-state index is 12.5. The smallest absolute Gasteiger partial charge is 0.244 e. The molecule has 1 aliphatic heterocycles. The van der Waals surface area contributed by atoms with Crippen LogP contribution in [0.1, 0.15) is 50.3 Å². The van der Waals surface area contributed by atoms with Crippen LogP contribution in [0.5, 0.6) is 0 Å². The second-order valence-electron chi connectivity index (χ2n) is 11.1. The maximum atomic E-state index is 12.5. The summed E-state index contributed by atoms with van der Waals surface area (Å²) in [5.74, 6) is 0.825. The van der Waals surface area contributed by atoms with Crippen LogP contribution in [0.3, 0.4) is 0 Å². The lowest BCUT2D eigenvalue weighted by Crippen LogP contribution is -2.43. The maximum Gasteiger partial charge on any atom is 0.244 e. The molecule has 2 heterocycles. The van der Waals surface area contributed by atoms with Crippen LogP contribution < -0.4 is 5.32 Å². The molecule has 0 spiro atoms. The van der Waals surface area contributed by atoms with E-state index in [1.165, 1.54) is 11.1 Å². The number of hydrogen-bond acceptors (Lipinski definition) is 3. The lowest BCUT2D eigenvalue weighted by Gasteiger charge is -2.32. The van der Waals surface area contributed by atoms with Gasteiger partial charge in [-0.15, -0.1) is 0 Å². The summed E-state index contributed by atoms with van der Waals surface area (Å²) in [5, 5.41) is 3.17. The number of carbonyl (C=O) groups excluding carboxylic acids is 1. The van der Waals surface area contributed by atoms with Crippen LogP contribution in [0.15, 0.2) is 78.9 Å². The van der Waals surface area contributed by atoms with E-state index in [1.807, 2.05) is 30.3 Å². The molecule has 190 valence electrons. The second-order valence-corrected chi connectivity index (χ2v) is 11.1. The van der Waals surface area contributed by atoms with Crippen molar-refractivity contribution in [2.45, 2.75) is 51.6 Å². The number of carbonyl (C=O) groups is 1. The number of benzene rings is 3. The van der Waals surface area contributed by atoms with Crippen molar-refractivity contribution in [1.82, 2.24) is 20.2 Å². The Hall–Kier alpha value is -3.70. The lowest BCUT2D eigenvalue weighted by atomic mass is 9.87. The fraction of sp³-hybridized carbons (Fsp3) is 0.312. The van der Waals surface area contributed by atoms with Crippen molar-refractivity contribution in [1.29, 1.82) is 0 Å². The molecule has 1 amide bonds. The van der Waals surface area contributed by atoms with Gasteiger partial charge in [0, 0.05) is 37.3 Å². The zero-order chi connectivity index (χ0) is 25.8. The van der Waals surface area contributed by atoms with Crippen molar-refractivity contribution in [3.05, 3.63) is 95.6 Å². The minimum atomic E-state index is -0.0301. The number of imidazole rings is 1. The van der Waals surface area contributed by atoms with Gasteiger partial charge in [-0.25, -0.2) is 4.98 Å². The van der Waals surface area contributed by atoms with Gasteiger partial charge in [0.2, 0.25) is 5.91 Å². The Balaban J connectivity index is 1.14. The van der Waals surface area contributed by atoms with Crippen molar-refractivity contribution in [2.24, 2.45) is 0 Å². The average Bonchev–Trinajstić information content (AvgIpc) is 3.33. The number of piperidine rings is 1. The number of amides is 1. The largest absolute Gasteiger partial charge is 0.350 e. The highest BCUT2D eigenvalue weighted by Crippen LogP contribution is 2.27. The van der Waals surface area contributed by atoms with Crippen LogP contribution in [0.2, 0.25) is 0 Å². The number of likely N-dealkylation sites (tertiary alicyclic amines) is 1. The van der Waals surface area contributed by atoms with Gasteiger partial charge in [-0.3, -0.25) is 9.69 Å². The number of aromatic amines is 1. The van der Waals surface area contributed by atoms with Gasteiger partial charge in [0.25, 0.3) is 0 Å². The number of hydrogen-bond donors (Lipinski definition) is 2. The molecule has 0 saturated carbocycles. The molecule has 1 saturated heterocycles. The van der Waals surface area contributed by atoms with Crippen LogP contribution in [-0.4, -0.2) is 39.9 Å². The molecule has 4 aromatic rings. The van der Waals surface area contributed by atoms with Gasteiger partial charge in [0.05, 0.1) is 11.0 Å². The normalized spacial score (nSPS) is 15.4. The number of nitrogens with zero attached hydrogens (tertiary/aromatic N) is 2. The van der Waals surface area contributed by atoms with Gasteiger partial charge < -0.3 is 10.3 Å². The number of rotatable bonds is 6. The van der Waals surface area contributed by atoms with Crippen LogP contribution in [0.4, 0.5) is 0 Å². The predicted octanol–water partition coefficient (Wildman–Crippen LogP) is 6.32. The van der Waals surface area contributed by atoms with E-state index in [4.69, 9.17) is 4.98 Å². The first-order valence-corrected chi connectivity index (χ1v) is 13.2. The Labute approximate surface area is 219 Å². The van der Waals surface area contributed by atoms with Crippen molar-refractivity contribution in [2.75, 3.05) is 13.1 Å². The summed E-state index contributed by atoms with van der Waals surface area (Å²) >= 11 is 0. The Morgan fingerprint density at radius 3 is 2.46 bits per heavy atom. The summed E-state index contributed by atoms with van der Waals surface area (Å²) < 4.78 is 0. The van der Waals surface area contributed by atoms with E-state index in [0.717, 1.165) is 60.5 Å². The Bertz CT molecular complexity index is 1370. The van der Waals surface area contributed by atoms with E-state index in [0.29, 0.717) is 0 Å². The molecule has 0 atom stereocenters. The van der Waals surface area contributed by atoms with E-state index < -0.39 is 0 Å². The molecule has 5 rings (SSSR count). The lowest BCUT2D eigenvalue weighted by molar-refractivity contribution is -0.117. The predicted molar refractivity (Wildman–Crippen MR) is 152 cm³/mol. The van der Waals surface area contributed by atoms with Gasteiger partial charge in [-0.05, 0) is 53.2 Å². The first kappa shape index (κ1) is 25.0. The molecule has 0 aliphatic carbocycles. The van der Waals surface area contributed by atoms with Crippen LogP contribution in [-0.2, 0) is 16.8 Å². The van der Waals surface area contributed by atoms with Crippen molar-refractivity contribution in [3.63, 3.8) is 0 Å². The molecule has 0 bridgehead atoms.